The van der Waals surface area contributed by atoms with E-state index < -0.39 is 0 Å². The largest absolute Gasteiger partial charge is 0.208 e. The molecule has 0 saturated heterocycles. The number of thiophene rings is 2. The van der Waals surface area contributed by atoms with Crippen LogP contribution < -0.4 is 0 Å². The van der Waals surface area contributed by atoms with E-state index >= 15 is 0 Å². The van der Waals surface area contributed by atoms with Crippen molar-refractivity contribution in [2.45, 2.75) is 0 Å². The zero-order valence-corrected chi connectivity index (χ0v) is 27.2. The molecule has 0 aliphatic carbocycles. The summed E-state index contributed by atoms with van der Waals surface area (Å²) < 4.78 is 4.96. The van der Waals surface area contributed by atoms with Gasteiger partial charge >= 0.3 is 0 Å². The molecule has 0 amide bonds. The van der Waals surface area contributed by atoms with Crippen LogP contribution >= 0.6 is 22.7 Å². The van der Waals surface area contributed by atoms with Crippen LogP contribution in [0.15, 0.2) is 152 Å². The molecule has 3 nitrogen and oxygen atoms in total. The van der Waals surface area contributed by atoms with Crippen LogP contribution in [0.1, 0.15) is 0 Å². The van der Waals surface area contributed by atoms with Crippen LogP contribution in [0.3, 0.4) is 0 Å². The van der Waals surface area contributed by atoms with Gasteiger partial charge in [0.05, 0.1) is 0 Å². The monoisotopic (exact) mass is 647 g/mol. The smallest absolute Gasteiger partial charge is 0.164 e. The van der Waals surface area contributed by atoms with Gasteiger partial charge in [-0.3, -0.25) is 0 Å². The molecular weight excluding hydrogens is 623 g/mol. The summed E-state index contributed by atoms with van der Waals surface area (Å²) in [6, 6.07) is 53.8. The molecule has 7 aromatic carbocycles. The normalized spacial score (nSPS) is 11.8. The van der Waals surface area contributed by atoms with Crippen LogP contribution in [0.4, 0.5) is 0 Å². The second-order valence-electron chi connectivity index (χ2n) is 12.0. The number of hydrogen-bond acceptors (Lipinski definition) is 5. The number of hydrogen-bond donors (Lipinski definition) is 0. The summed E-state index contributed by atoms with van der Waals surface area (Å²) in [6.07, 6.45) is 0. The standard InChI is InChI=1S/C43H25N3S2/c1-2-12-27(13-3-1)34-24-30(25-38-40(34)32-16-7-9-19-36(32)48-38)42-44-41(29-22-21-26-11-4-5-14-28(26)23-29)45-43(46-42)33-17-10-20-37-39(33)31-15-6-8-18-35(31)47-37/h1-25H. The zero-order chi connectivity index (χ0) is 31.6. The Labute approximate surface area is 284 Å². The van der Waals surface area contributed by atoms with E-state index in [1.807, 2.05) is 11.3 Å². The van der Waals surface area contributed by atoms with Crippen molar-refractivity contribution in [3.8, 4) is 45.3 Å². The molecule has 0 saturated carbocycles. The first-order valence-corrected chi connectivity index (χ1v) is 17.6. The van der Waals surface area contributed by atoms with E-state index in [1.165, 1.54) is 56.9 Å². The number of rotatable bonds is 4. The Morgan fingerprint density at radius 3 is 1.73 bits per heavy atom. The molecule has 10 aromatic rings. The minimum Gasteiger partial charge on any atom is -0.208 e. The molecule has 0 atom stereocenters. The number of benzene rings is 7. The van der Waals surface area contributed by atoms with Crippen LogP contribution in [0, 0.1) is 0 Å². The van der Waals surface area contributed by atoms with Gasteiger partial charge in [0.25, 0.3) is 0 Å². The van der Waals surface area contributed by atoms with Crippen LogP contribution in [0.25, 0.3) is 96.4 Å². The minimum atomic E-state index is 0.662. The predicted octanol–water partition coefficient (Wildman–Crippen LogP) is 12.4. The number of fused-ring (bicyclic) bond motifs is 7. The lowest BCUT2D eigenvalue weighted by atomic mass is 9.97. The van der Waals surface area contributed by atoms with Crippen molar-refractivity contribution < 1.29 is 0 Å². The highest BCUT2D eigenvalue weighted by atomic mass is 32.1. The van der Waals surface area contributed by atoms with Gasteiger partial charge in [-0.15, -0.1) is 22.7 Å². The second-order valence-corrected chi connectivity index (χ2v) is 14.2. The number of aromatic nitrogens is 3. The molecule has 0 aliphatic heterocycles. The van der Waals surface area contributed by atoms with Crippen molar-refractivity contribution in [2.75, 3.05) is 0 Å². The SMILES string of the molecule is c1ccc(-c2cc(-c3nc(-c4ccc5ccccc5c4)nc(-c4cccc5sc6ccccc6c45)n3)cc3sc4ccccc4c23)cc1. The van der Waals surface area contributed by atoms with E-state index in [0.29, 0.717) is 17.5 Å². The topological polar surface area (TPSA) is 38.7 Å². The summed E-state index contributed by atoms with van der Waals surface area (Å²) in [7, 11) is 0. The van der Waals surface area contributed by atoms with Crippen molar-refractivity contribution in [1.29, 1.82) is 0 Å². The van der Waals surface area contributed by atoms with Crippen LogP contribution in [-0.4, -0.2) is 15.0 Å². The van der Waals surface area contributed by atoms with Crippen molar-refractivity contribution in [2.24, 2.45) is 0 Å². The fourth-order valence-corrected chi connectivity index (χ4v) is 9.18. The Hall–Kier alpha value is -5.75. The van der Waals surface area contributed by atoms with Gasteiger partial charge in [-0.25, -0.2) is 15.0 Å². The molecule has 10 rings (SSSR count). The quantitative estimate of drug-likeness (QED) is 0.191. The average Bonchev–Trinajstić information content (AvgIpc) is 3.73. The van der Waals surface area contributed by atoms with Crippen LogP contribution in [0.2, 0.25) is 0 Å². The molecule has 0 fully saturated rings. The zero-order valence-electron chi connectivity index (χ0n) is 25.6. The molecule has 3 heterocycles. The first kappa shape index (κ1) is 27.4. The predicted molar refractivity (Wildman–Crippen MR) is 205 cm³/mol. The second kappa shape index (κ2) is 10.9. The van der Waals surface area contributed by atoms with E-state index in [2.05, 4.69) is 152 Å². The molecule has 5 heteroatoms. The highest BCUT2D eigenvalue weighted by Crippen LogP contribution is 2.43. The van der Waals surface area contributed by atoms with Crippen molar-refractivity contribution >= 4 is 73.8 Å². The fraction of sp³-hybridized carbons (Fsp3) is 0. The van der Waals surface area contributed by atoms with Gasteiger partial charge in [0, 0.05) is 57.0 Å². The lowest BCUT2D eigenvalue weighted by Gasteiger charge is -2.12. The maximum Gasteiger partial charge on any atom is 0.164 e. The summed E-state index contributed by atoms with van der Waals surface area (Å²) >= 11 is 3.62. The highest BCUT2D eigenvalue weighted by molar-refractivity contribution is 7.26. The molecule has 0 aliphatic rings. The summed E-state index contributed by atoms with van der Waals surface area (Å²) in [5, 5.41) is 7.29. The molecule has 3 aromatic heterocycles. The molecule has 224 valence electrons. The van der Waals surface area contributed by atoms with E-state index in [1.54, 1.807) is 11.3 Å². The maximum atomic E-state index is 5.28. The third-order valence-electron chi connectivity index (χ3n) is 9.11. The lowest BCUT2D eigenvalue weighted by Crippen LogP contribution is -2.00. The Morgan fingerprint density at radius 2 is 0.938 bits per heavy atom. The van der Waals surface area contributed by atoms with Gasteiger partial charge in [0.2, 0.25) is 0 Å². The third kappa shape index (κ3) is 4.43. The summed E-state index contributed by atoms with van der Waals surface area (Å²) in [5.74, 6) is 2.00. The van der Waals surface area contributed by atoms with Gasteiger partial charge < -0.3 is 0 Å². The minimum absolute atomic E-state index is 0.662. The Bertz CT molecular complexity index is 2850. The fourth-order valence-electron chi connectivity index (χ4n) is 6.87. The Kier molecular flexibility index (Phi) is 6.22. The van der Waals surface area contributed by atoms with E-state index in [0.717, 1.165) is 22.1 Å². The Morgan fingerprint density at radius 1 is 0.333 bits per heavy atom. The first-order valence-electron chi connectivity index (χ1n) is 15.9. The summed E-state index contributed by atoms with van der Waals surface area (Å²) in [5.41, 5.74) is 5.31. The maximum absolute atomic E-state index is 5.28. The van der Waals surface area contributed by atoms with E-state index in [9.17, 15) is 0 Å². The molecule has 0 radical (unpaired) electrons. The lowest BCUT2D eigenvalue weighted by molar-refractivity contribution is 1.08. The molecule has 0 bridgehead atoms. The van der Waals surface area contributed by atoms with Crippen LogP contribution in [-0.2, 0) is 0 Å². The highest BCUT2D eigenvalue weighted by Gasteiger charge is 2.19. The van der Waals surface area contributed by atoms with E-state index in [4.69, 9.17) is 15.0 Å². The molecule has 0 spiro atoms. The van der Waals surface area contributed by atoms with Gasteiger partial charge in [-0.2, -0.15) is 0 Å². The third-order valence-corrected chi connectivity index (χ3v) is 11.4. The Balaban J connectivity index is 1.27. The summed E-state index contributed by atoms with van der Waals surface area (Å²) in [6.45, 7) is 0. The van der Waals surface area contributed by atoms with Crippen molar-refractivity contribution in [1.82, 2.24) is 15.0 Å². The first-order chi connectivity index (χ1) is 23.8. The molecule has 48 heavy (non-hydrogen) atoms. The van der Waals surface area contributed by atoms with Crippen LogP contribution in [0.5, 0.6) is 0 Å². The van der Waals surface area contributed by atoms with E-state index in [-0.39, 0.29) is 0 Å². The van der Waals surface area contributed by atoms with Gasteiger partial charge in [0.15, 0.2) is 17.5 Å². The van der Waals surface area contributed by atoms with Gasteiger partial charge in [-0.1, -0.05) is 115 Å². The van der Waals surface area contributed by atoms with Gasteiger partial charge in [0.1, 0.15) is 0 Å². The molecule has 0 N–H and O–H groups in total. The van der Waals surface area contributed by atoms with Gasteiger partial charge in [-0.05, 0) is 58.3 Å². The van der Waals surface area contributed by atoms with Crippen molar-refractivity contribution in [3.05, 3.63) is 152 Å². The van der Waals surface area contributed by atoms with Crippen molar-refractivity contribution in [3.63, 3.8) is 0 Å². The average molecular weight is 648 g/mol. The molecule has 0 unspecified atom stereocenters. The summed E-state index contributed by atoms with van der Waals surface area (Å²) in [4.78, 5) is 15.7. The number of nitrogens with zero attached hydrogens (tertiary/aromatic N) is 3. The molecular formula is C43H25N3S2.